The summed E-state index contributed by atoms with van der Waals surface area (Å²) in [6, 6.07) is 12.9. The number of benzene rings is 2. The van der Waals surface area contributed by atoms with Crippen molar-refractivity contribution in [3.63, 3.8) is 0 Å². The van der Waals surface area contributed by atoms with Gasteiger partial charge in [0.05, 0.1) is 13.7 Å². The maximum absolute atomic E-state index is 12.6. The molecule has 2 amide bonds. The summed E-state index contributed by atoms with van der Waals surface area (Å²) in [6.07, 6.45) is 4.69. The number of ketones is 1. The van der Waals surface area contributed by atoms with Gasteiger partial charge in [0.15, 0.2) is 5.78 Å². The molecule has 2 aromatic carbocycles. The third kappa shape index (κ3) is 6.17. The molecule has 1 N–H and O–H groups in total. The van der Waals surface area contributed by atoms with Gasteiger partial charge < -0.3 is 15.0 Å². The highest BCUT2D eigenvalue weighted by atomic mass is 16.5. The highest BCUT2D eigenvalue weighted by Crippen LogP contribution is 2.23. The molecule has 0 heterocycles. The number of aryl methyl sites for hydroxylation is 2. The molecule has 0 fully saturated rings. The van der Waals surface area contributed by atoms with E-state index >= 15 is 0 Å². The van der Waals surface area contributed by atoms with E-state index in [2.05, 4.69) is 5.32 Å². The minimum Gasteiger partial charge on any atom is -0.497 e. The maximum Gasteiger partial charge on any atom is 0.243 e. The van der Waals surface area contributed by atoms with Gasteiger partial charge in [-0.25, -0.2) is 0 Å². The lowest BCUT2D eigenvalue weighted by atomic mass is 9.89. The monoisotopic (exact) mass is 422 g/mol. The lowest BCUT2D eigenvalue weighted by molar-refractivity contribution is -0.134. The molecule has 164 valence electrons. The summed E-state index contributed by atoms with van der Waals surface area (Å²) < 4.78 is 5.15. The number of carbonyl (C=O) groups excluding carboxylic acids is 3. The second-order valence-corrected chi connectivity index (χ2v) is 7.80. The molecule has 1 aliphatic rings. The Bertz CT molecular complexity index is 954. The number of hydrogen-bond donors (Lipinski definition) is 1. The van der Waals surface area contributed by atoms with Crippen molar-refractivity contribution in [1.82, 2.24) is 4.90 Å². The van der Waals surface area contributed by atoms with Crippen LogP contribution in [0.5, 0.6) is 5.75 Å². The lowest BCUT2D eigenvalue weighted by Crippen LogP contribution is -2.38. The van der Waals surface area contributed by atoms with E-state index in [1.54, 1.807) is 31.4 Å². The number of nitrogens with zero attached hydrogens (tertiary/aromatic N) is 1. The van der Waals surface area contributed by atoms with Crippen LogP contribution in [0.3, 0.4) is 0 Å². The maximum atomic E-state index is 12.6. The van der Waals surface area contributed by atoms with Crippen molar-refractivity contribution < 1.29 is 19.1 Å². The molecule has 3 rings (SSSR count). The number of nitrogens with one attached hydrogen (secondary N) is 1. The molecular formula is C25H30N2O4. The van der Waals surface area contributed by atoms with Crippen LogP contribution in [0.4, 0.5) is 5.69 Å². The third-order valence-corrected chi connectivity index (χ3v) is 5.66. The van der Waals surface area contributed by atoms with Gasteiger partial charge >= 0.3 is 0 Å². The summed E-state index contributed by atoms with van der Waals surface area (Å²) in [6.45, 7) is 2.17. The molecule has 31 heavy (non-hydrogen) atoms. The highest BCUT2D eigenvalue weighted by Gasteiger charge is 2.18. The summed E-state index contributed by atoms with van der Waals surface area (Å²) >= 11 is 0. The molecule has 0 bridgehead atoms. The molecule has 0 radical (unpaired) electrons. The Morgan fingerprint density at radius 2 is 1.77 bits per heavy atom. The Kier molecular flexibility index (Phi) is 7.82. The van der Waals surface area contributed by atoms with Crippen LogP contribution in [0.1, 0.15) is 54.1 Å². The van der Waals surface area contributed by atoms with Gasteiger partial charge in [0.2, 0.25) is 11.8 Å². The Balaban J connectivity index is 1.52. The average molecular weight is 423 g/mol. The second kappa shape index (κ2) is 10.8. The van der Waals surface area contributed by atoms with Crippen molar-refractivity contribution in [3.05, 3.63) is 59.2 Å². The Morgan fingerprint density at radius 3 is 2.52 bits per heavy atom. The van der Waals surface area contributed by atoms with Crippen LogP contribution >= 0.6 is 0 Å². The van der Waals surface area contributed by atoms with E-state index in [9.17, 15) is 14.4 Å². The summed E-state index contributed by atoms with van der Waals surface area (Å²) in [5.74, 6) is 0.125. The first kappa shape index (κ1) is 22.5. The highest BCUT2D eigenvalue weighted by molar-refractivity contribution is 5.99. The summed E-state index contributed by atoms with van der Waals surface area (Å²) in [5, 5.41) is 2.78. The number of hydrogen-bond acceptors (Lipinski definition) is 4. The average Bonchev–Trinajstić information content (AvgIpc) is 2.80. The fraction of sp³-hybridized carbons (Fsp3) is 0.400. The van der Waals surface area contributed by atoms with E-state index < -0.39 is 0 Å². The number of carbonyl (C=O) groups is 3. The minimum absolute atomic E-state index is 0.0291. The van der Waals surface area contributed by atoms with Crippen LogP contribution in [-0.4, -0.2) is 42.7 Å². The zero-order valence-electron chi connectivity index (χ0n) is 18.3. The van der Waals surface area contributed by atoms with Crippen LogP contribution in [0.15, 0.2) is 42.5 Å². The predicted molar refractivity (Wildman–Crippen MR) is 121 cm³/mol. The van der Waals surface area contributed by atoms with Crippen LogP contribution in [0, 0.1) is 0 Å². The van der Waals surface area contributed by atoms with Crippen LogP contribution in [0.25, 0.3) is 0 Å². The van der Waals surface area contributed by atoms with E-state index in [1.165, 1.54) is 22.4 Å². The number of Topliss-reactive ketones (excluding diaryl/α,β-unsaturated/α-hetero) is 1. The standard InChI is InChI=1S/C25H30N2O4/c1-3-27(17-24(29)26-21-9-6-10-22(16-21)31-2)25(30)14-13-23(28)20-12-11-18-7-4-5-8-19(18)15-20/h6,9-12,15-16H,3-5,7-8,13-14,17H2,1-2H3,(H,26,29). The second-order valence-electron chi connectivity index (χ2n) is 7.80. The predicted octanol–water partition coefficient (Wildman–Crippen LogP) is 4.02. The first-order valence-electron chi connectivity index (χ1n) is 10.9. The van der Waals surface area contributed by atoms with Crippen LogP contribution in [0.2, 0.25) is 0 Å². The molecule has 1 aliphatic carbocycles. The van der Waals surface area contributed by atoms with E-state index in [4.69, 9.17) is 4.74 Å². The van der Waals surface area contributed by atoms with Gasteiger partial charge in [-0.05, 0) is 61.9 Å². The summed E-state index contributed by atoms with van der Waals surface area (Å²) in [7, 11) is 1.56. The van der Waals surface area contributed by atoms with Gasteiger partial charge in [-0.15, -0.1) is 0 Å². The first-order valence-corrected chi connectivity index (χ1v) is 10.9. The zero-order valence-corrected chi connectivity index (χ0v) is 18.3. The molecule has 0 unspecified atom stereocenters. The van der Waals surface area contributed by atoms with Gasteiger partial charge in [0.1, 0.15) is 5.75 Å². The molecular weight excluding hydrogens is 392 g/mol. The molecule has 6 heteroatoms. The number of ether oxygens (including phenoxy) is 1. The van der Waals surface area contributed by atoms with E-state index in [1.807, 2.05) is 25.1 Å². The van der Waals surface area contributed by atoms with Gasteiger partial charge in [-0.3, -0.25) is 14.4 Å². The van der Waals surface area contributed by atoms with Crippen LogP contribution < -0.4 is 10.1 Å². The van der Waals surface area contributed by atoms with Crippen molar-refractivity contribution in [3.8, 4) is 5.75 Å². The number of amides is 2. The normalized spacial score (nSPS) is 12.6. The number of fused-ring (bicyclic) bond motifs is 1. The molecule has 0 aliphatic heterocycles. The smallest absolute Gasteiger partial charge is 0.243 e. The van der Waals surface area contributed by atoms with Crippen molar-refractivity contribution in [1.29, 1.82) is 0 Å². The number of rotatable bonds is 9. The molecule has 0 saturated carbocycles. The van der Waals surface area contributed by atoms with Crippen molar-refractivity contribution in [2.45, 2.75) is 45.4 Å². The molecule has 0 atom stereocenters. The van der Waals surface area contributed by atoms with E-state index in [0.717, 1.165) is 19.3 Å². The topological polar surface area (TPSA) is 75.7 Å². The summed E-state index contributed by atoms with van der Waals surface area (Å²) in [4.78, 5) is 39.0. The van der Waals surface area contributed by atoms with Gasteiger partial charge in [-0.1, -0.05) is 18.2 Å². The Labute approximate surface area is 183 Å². The van der Waals surface area contributed by atoms with Crippen molar-refractivity contribution in [2.75, 3.05) is 25.5 Å². The molecule has 2 aromatic rings. The third-order valence-electron chi connectivity index (χ3n) is 5.66. The number of likely N-dealkylation sites (N-methyl/N-ethyl adjacent to an activating group) is 1. The molecule has 6 nitrogen and oxygen atoms in total. The lowest BCUT2D eigenvalue weighted by Gasteiger charge is -2.20. The van der Waals surface area contributed by atoms with Gasteiger partial charge in [-0.2, -0.15) is 0 Å². The fourth-order valence-corrected chi connectivity index (χ4v) is 3.88. The minimum atomic E-state index is -0.288. The SMILES string of the molecule is CCN(CC(=O)Nc1cccc(OC)c1)C(=O)CCC(=O)c1ccc2c(c1)CCCC2. The fourth-order valence-electron chi connectivity index (χ4n) is 3.88. The quantitative estimate of drug-likeness (QED) is 0.619. The molecule has 0 saturated heterocycles. The Hall–Kier alpha value is -3.15. The van der Waals surface area contributed by atoms with Crippen molar-refractivity contribution >= 4 is 23.3 Å². The van der Waals surface area contributed by atoms with E-state index in [-0.39, 0.29) is 37.0 Å². The zero-order chi connectivity index (χ0) is 22.2. The molecule has 0 aromatic heterocycles. The van der Waals surface area contributed by atoms with Crippen LogP contribution in [-0.2, 0) is 22.4 Å². The Morgan fingerprint density at radius 1 is 1.00 bits per heavy atom. The van der Waals surface area contributed by atoms with Gasteiger partial charge in [0, 0.05) is 36.7 Å². The number of methoxy groups -OCH3 is 1. The van der Waals surface area contributed by atoms with E-state index in [0.29, 0.717) is 23.5 Å². The largest absolute Gasteiger partial charge is 0.497 e. The summed E-state index contributed by atoms with van der Waals surface area (Å²) in [5.41, 5.74) is 3.87. The van der Waals surface area contributed by atoms with Crippen molar-refractivity contribution in [2.24, 2.45) is 0 Å². The molecule has 0 spiro atoms. The first-order chi connectivity index (χ1) is 15.0. The number of anilines is 1. The van der Waals surface area contributed by atoms with Gasteiger partial charge in [0.25, 0.3) is 0 Å².